The van der Waals surface area contributed by atoms with Gasteiger partial charge >= 0.3 is 11.6 Å². The minimum Gasteiger partial charge on any atom is -0.452 e. The molecule has 0 bridgehead atoms. The Morgan fingerprint density at radius 2 is 1.81 bits per heavy atom. The first-order valence-corrected chi connectivity index (χ1v) is 8.56. The van der Waals surface area contributed by atoms with Crippen molar-refractivity contribution in [3.8, 4) is 0 Å². The van der Waals surface area contributed by atoms with E-state index in [1.165, 1.54) is 6.07 Å². The highest BCUT2D eigenvalue weighted by molar-refractivity contribution is 5.94. The molecule has 0 spiro atoms. The van der Waals surface area contributed by atoms with Crippen molar-refractivity contribution < 1.29 is 18.7 Å². The molecule has 1 amide bonds. The molecular formula is C21H19NO5. The van der Waals surface area contributed by atoms with E-state index in [1.54, 1.807) is 24.3 Å². The minimum absolute atomic E-state index is 0.235. The van der Waals surface area contributed by atoms with Crippen LogP contribution in [0.3, 0.4) is 0 Å². The number of aryl methyl sites for hydroxylation is 1. The van der Waals surface area contributed by atoms with Crippen LogP contribution in [0.1, 0.15) is 21.5 Å². The number of nitrogens with one attached hydrogen (secondary N) is 1. The number of carbonyl (C=O) groups excluding carboxylic acids is 2. The Labute approximate surface area is 155 Å². The second kappa shape index (κ2) is 8.31. The lowest BCUT2D eigenvalue weighted by Crippen LogP contribution is -2.31. The number of amides is 1. The molecule has 0 saturated heterocycles. The van der Waals surface area contributed by atoms with Gasteiger partial charge < -0.3 is 14.5 Å². The fourth-order valence-corrected chi connectivity index (χ4v) is 2.69. The van der Waals surface area contributed by atoms with Crippen LogP contribution in [0.4, 0.5) is 0 Å². The van der Waals surface area contributed by atoms with Crippen LogP contribution in [-0.2, 0) is 16.0 Å². The van der Waals surface area contributed by atoms with Crippen LogP contribution in [0.15, 0.2) is 63.8 Å². The predicted molar refractivity (Wildman–Crippen MR) is 101 cm³/mol. The highest BCUT2D eigenvalue weighted by Crippen LogP contribution is 2.13. The van der Waals surface area contributed by atoms with Crippen molar-refractivity contribution in [1.82, 2.24) is 5.32 Å². The van der Waals surface area contributed by atoms with Crippen molar-refractivity contribution in [3.05, 3.63) is 81.7 Å². The van der Waals surface area contributed by atoms with Crippen molar-refractivity contribution in [2.24, 2.45) is 0 Å². The van der Waals surface area contributed by atoms with Gasteiger partial charge in [-0.25, -0.2) is 9.59 Å². The molecule has 1 aromatic heterocycles. The normalized spacial score (nSPS) is 10.6. The van der Waals surface area contributed by atoms with Gasteiger partial charge in [-0.15, -0.1) is 0 Å². The molecule has 6 heteroatoms. The Bertz CT molecular complexity index is 1040. The quantitative estimate of drug-likeness (QED) is 0.536. The molecule has 2 aromatic carbocycles. The zero-order chi connectivity index (χ0) is 19.2. The number of hydrogen-bond donors (Lipinski definition) is 1. The third-order valence-corrected chi connectivity index (χ3v) is 4.17. The molecule has 3 aromatic rings. The molecule has 1 N–H and O–H groups in total. The SMILES string of the molecule is Cc1ccccc1CCNC(=O)COC(=O)c1cc2ccccc2oc1=O. The summed E-state index contributed by atoms with van der Waals surface area (Å²) in [6, 6.07) is 16.2. The van der Waals surface area contributed by atoms with Crippen LogP contribution in [0, 0.1) is 6.92 Å². The molecule has 0 aliphatic rings. The molecule has 0 radical (unpaired) electrons. The number of esters is 1. The number of rotatable bonds is 6. The van der Waals surface area contributed by atoms with Gasteiger partial charge in [0.25, 0.3) is 5.91 Å². The zero-order valence-electron chi connectivity index (χ0n) is 14.9. The van der Waals surface area contributed by atoms with Crippen molar-refractivity contribution in [3.63, 3.8) is 0 Å². The summed E-state index contributed by atoms with van der Waals surface area (Å²) in [6.45, 7) is 1.98. The third kappa shape index (κ3) is 4.61. The maximum atomic E-state index is 12.1. The summed E-state index contributed by atoms with van der Waals surface area (Å²) >= 11 is 0. The monoisotopic (exact) mass is 365 g/mol. The molecule has 3 rings (SSSR count). The molecule has 6 nitrogen and oxygen atoms in total. The fraction of sp³-hybridized carbons (Fsp3) is 0.190. The molecule has 0 saturated carbocycles. The molecule has 138 valence electrons. The first-order chi connectivity index (χ1) is 13.0. The van der Waals surface area contributed by atoms with Crippen molar-refractivity contribution in [2.45, 2.75) is 13.3 Å². The van der Waals surface area contributed by atoms with Crippen LogP contribution in [0.25, 0.3) is 11.0 Å². The largest absolute Gasteiger partial charge is 0.452 e. The lowest BCUT2D eigenvalue weighted by atomic mass is 10.1. The molecule has 0 aliphatic heterocycles. The molecule has 0 fully saturated rings. The fourth-order valence-electron chi connectivity index (χ4n) is 2.69. The van der Waals surface area contributed by atoms with E-state index < -0.39 is 24.1 Å². The van der Waals surface area contributed by atoms with E-state index in [0.29, 0.717) is 23.9 Å². The standard InChI is InChI=1S/C21H19NO5/c1-14-6-2-3-7-15(14)10-11-22-19(23)13-26-20(24)17-12-16-8-4-5-9-18(16)27-21(17)25/h2-9,12H,10-11,13H2,1H3,(H,22,23). The van der Waals surface area contributed by atoms with Crippen LogP contribution < -0.4 is 10.9 Å². The maximum absolute atomic E-state index is 12.1. The Morgan fingerprint density at radius 1 is 1.07 bits per heavy atom. The Morgan fingerprint density at radius 3 is 2.63 bits per heavy atom. The van der Waals surface area contributed by atoms with Gasteiger partial charge in [0.2, 0.25) is 0 Å². The predicted octanol–water partition coefficient (Wildman–Crippen LogP) is 2.62. The molecule has 1 heterocycles. The van der Waals surface area contributed by atoms with Crippen molar-refractivity contribution in [1.29, 1.82) is 0 Å². The smallest absolute Gasteiger partial charge is 0.351 e. The number of benzene rings is 2. The topological polar surface area (TPSA) is 85.6 Å². The highest BCUT2D eigenvalue weighted by atomic mass is 16.5. The zero-order valence-corrected chi connectivity index (χ0v) is 14.9. The summed E-state index contributed by atoms with van der Waals surface area (Å²) in [7, 11) is 0. The van der Waals surface area contributed by atoms with Crippen LogP contribution in [-0.4, -0.2) is 25.0 Å². The lowest BCUT2D eigenvalue weighted by molar-refractivity contribution is -0.124. The van der Waals surface area contributed by atoms with Crippen LogP contribution in [0.5, 0.6) is 0 Å². The Balaban J connectivity index is 1.53. The number of ether oxygens (including phenoxy) is 1. The molecule has 0 aliphatic carbocycles. The van der Waals surface area contributed by atoms with Crippen LogP contribution >= 0.6 is 0 Å². The van der Waals surface area contributed by atoms with Gasteiger partial charge in [-0.3, -0.25) is 4.79 Å². The van der Waals surface area contributed by atoms with E-state index in [-0.39, 0.29) is 5.56 Å². The summed E-state index contributed by atoms with van der Waals surface area (Å²) < 4.78 is 10.0. The van der Waals surface area contributed by atoms with E-state index in [2.05, 4.69) is 5.32 Å². The van der Waals surface area contributed by atoms with E-state index in [9.17, 15) is 14.4 Å². The number of carbonyl (C=O) groups is 2. The Kier molecular flexibility index (Phi) is 5.66. The number of fused-ring (bicyclic) bond motifs is 1. The summed E-state index contributed by atoms with van der Waals surface area (Å²) in [4.78, 5) is 35.9. The van der Waals surface area contributed by atoms with Gasteiger partial charge in [0.15, 0.2) is 6.61 Å². The first kappa shape index (κ1) is 18.4. The van der Waals surface area contributed by atoms with E-state index in [1.807, 2.05) is 31.2 Å². The second-order valence-electron chi connectivity index (χ2n) is 6.09. The van der Waals surface area contributed by atoms with Gasteiger partial charge in [0.05, 0.1) is 0 Å². The molecule has 0 unspecified atom stereocenters. The summed E-state index contributed by atoms with van der Waals surface area (Å²) in [5.41, 5.74) is 1.65. The van der Waals surface area contributed by atoms with Gasteiger partial charge in [-0.2, -0.15) is 0 Å². The molecule has 27 heavy (non-hydrogen) atoms. The van der Waals surface area contributed by atoms with Gasteiger partial charge in [-0.1, -0.05) is 42.5 Å². The van der Waals surface area contributed by atoms with E-state index in [0.717, 1.165) is 11.1 Å². The minimum atomic E-state index is -0.886. The Hall–Kier alpha value is -3.41. The average molecular weight is 365 g/mol. The average Bonchev–Trinajstić information content (AvgIpc) is 2.67. The third-order valence-electron chi connectivity index (χ3n) is 4.17. The molecule has 0 atom stereocenters. The first-order valence-electron chi connectivity index (χ1n) is 8.56. The van der Waals surface area contributed by atoms with E-state index >= 15 is 0 Å². The van der Waals surface area contributed by atoms with Gasteiger partial charge in [-0.05, 0) is 36.6 Å². The summed E-state index contributed by atoms with van der Waals surface area (Å²) in [5.74, 6) is -1.31. The van der Waals surface area contributed by atoms with Gasteiger partial charge in [0, 0.05) is 11.9 Å². The second-order valence-corrected chi connectivity index (χ2v) is 6.09. The van der Waals surface area contributed by atoms with E-state index in [4.69, 9.17) is 9.15 Å². The lowest BCUT2D eigenvalue weighted by Gasteiger charge is -2.08. The van der Waals surface area contributed by atoms with Crippen molar-refractivity contribution in [2.75, 3.05) is 13.2 Å². The highest BCUT2D eigenvalue weighted by Gasteiger charge is 2.16. The number of para-hydroxylation sites is 1. The van der Waals surface area contributed by atoms with Gasteiger partial charge in [0.1, 0.15) is 11.1 Å². The number of hydrogen-bond acceptors (Lipinski definition) is 5. The summed E-state index contributed by atoms with van der Waals surface area (Å²) in [6.07, 6.45) is 0.681. The van der Waals surface area contributed by atoms with Crippen molar-refractivity contribution >= 4 is 22.8 Å². The maximum Gasteiger partial charge on any atom is 0.351 e. The molecular weight excluding hydrogens is 346 g/mol. The van der Waals surface area contributed by atoms with Crippen LogP contribution in [0.2, 0.25) is 0 Å². The summed E-state index contributed by atoms with van der Waals surface area (Å²) in [5, 5.41) is 3.30.